The van der Waals surface area contributed by atoms with Gasteiger partial charge in [0.05, 0.1) is 12.0 Å². The van der Waals surface area contributed by atoms with E-state index in [4.69, 9.17) is 11.6 Å². The summed E-state index contributed by atoms with van der Waals surface area (Å²) in [5.41, 5.74) is 7.18. The molecule has 0 radical (unpaired) electrons. The van der Waals surface area contributed by atoms with E-state index < -0.39 is 0 Å². The SMILES string of the molecule is CCN(C)/C=N\c1cc(C)c(Cc2ccc(C)c(Cl)c2)cc1C. The molecular formula is C20H25ClN2. The standard InChI is InChI=1S/C20H25ClN2/c1-6-23(5)13-22-20-10-15(3)18(9-16(20)4)11-17-8-7-14(2)19(21)12-17/h7-10,12-13H,6,11H2,1-5H3/b22-13-. The van der Waals surface area contributed by atoms with Crippen LogP contribution in [0.4, 0.5) is 5.69 Å². The molecule has 0 fully saturated rings. The van der Waals surface area contributed by atoms with Gasteiger partial charge in [0.2, 0.25) is 0 Å². The molecule has 3 heteroatoms. The van der Waals surface area contributed by atoms with Gasteiger partial charge in [0.15, 0.2) is 0 Å². The Labute approximate surface area is 144 Å². The minimum absolute atomic E-state index is 0.834. The summed E-state index contributed by atoms with van der Waals surface area (Å²) in [6, 6.07) is 10.7. The van der Waals surface area contributed by atoms with Gasteiger partial charge in [-0.15, -0.1) is 0 Å². The van der Waals surface area contributed by atoms with E-state index in [1.54, 1.807) is 0 Å². The van der Waals surface area contributed by atoms with Gasteiger partial charge in [-0.1, -0.05) is 29.8 Å². The zero-order valence-corrected chi connectivity index (χ0v) is 15.4. The van der Waals surface area contributed by atoms with Crippen molar-refractivity contribution in [2.75, 3.05) is 13.6 Å². The molecule has 2 nitrogen and oxygen atoms in total. The minimum Gasteiger partial charge on any atom is -0.366 e. The second-order valence-corrected chi connectivity index (χ2v) is 6.55. The van der Waals surface area contributed by atoms with Crippen molar-refractivity contribution in [3.63, 3.8) is 0 Å². The molecule has 0 spiro atoms. The third kappa shape index (κ3) is 4.59. The average molecular weight is 329 g/mol. The largest absolute Gasteiger partial charge is 0.366 e. The predicted octanol–water partition coefficient (Wildman–Crippen LogP) is 5.47. The molecule has 0 amide bonds. The van der Waals surface area contributed by atoms with Gasteiger partial charge in [0.25, 0.3) is 0 Å². The fraction of sp³-hybridized carbons (Fsp3) is 0.350. The van der Waals surface area contributed by atoms with E-state index in [2.05, 4.69) is 61.0 Å². The van der Waals surface area contributed by atoms with Gasteiger partial charge >= 0.3 is 0 Å². The van der Waals surface area contributed by atoms with E-state index in [-0.39, 0.29) is 0 Å². The first-order chi connectivity index (χ1) is 10.9. The van der Waals surface area contributed by atoms with Gasteiger partial charge in [-0.3, -0.25) is 0 Å². The molecule has 2 aromatic rings. The van der Waals surface area contributed by atoms with E-state index in [1.165, 1.54) is 22.3 Å². The van der Waals surface area contributed by atoms with Gasteiger partial charge in [-0.2, -0.15) is 0 Å². The maximum absolute atomic E-state index is 6.24. The third-order valence-corrected chi connectivity index (χ3v) is 4.59. The minimum atomic E-state index is 0.834. The second kappa shape index (κ2) is 7.65. The van der Waals surface area contributed by atoms with Crippen molar-refractivity contribution in [2.24, 2.45) is 4.99 Å². The van der Waals surface area contributed by atoms with Gasteiger partial charge in [-0.05, 0) is 74.1 Å². The summed E-state index contributed by atoms with van der Waals surface area (Å²) in [5, 5.41) is 0.834. The number of halogens is 1. The van der Waals surface area contributed by atoms with Crippen LogP contribution < -0.4 is 0 Å². The van der Waals surface area contributed by atoms with Crippen LogP contribution in [0, 0.1) is 20.8 Å². The Morgan fingerprint density at radius 2 is 1.78 bits per heavy atom. The predicted molar refractivity (Wildman–Crippen MR) is 101 cm³/mol. The summed E-state index contributed by atoms with van der Waals surface area (Å²) in [6.07, 6.45) is 2.78. The monoisotopic (exact) mass is 328 g/mol. The quantitative estimate of drug-likeness (QED) is 0.525. The smallest absolute Gasteiger partial charge is 0.0909 e. The number of aryl methyl sites for hydroxylation is 3. The van der Waals surface area contributed by atoms with Crippen LogP contribution in [0.25, 0.3) is 0 Å². The lowest BCUT2D eigenvalue weighted by Crippen LogP contribution is -2.14. The number of rotatable bonds is 5. The van der Waals surface area contributed by atoms with E-state index in [1.807, 2.05) is 20.3 Å². The van der Waals surface area contributed by atoms with Crippen molar-refractivity contribution in [3.05, 3.63) is 63.2 Å². The molecule has 23 heavy (non-hydrogen) atoms. The molecule has 122 valence electrons. The molecule has 0 unspecified atom stereocenters. The normalized spacial score (nSPS) is 11.2. The maximum Gasteiger partial charge on any atom is 0.0909 e. The Hall–Kier alpha value is -1.80. The molecule has 0 bridgehead atoms. The molecule has 0 aliphatic rings. The van der Waals surface area contributed by atoms with Crippen molar-refractivity contribution in [2.45, 2.75) is 34.1 Å². The highest BCUT2D eigenvalue weighted by Gasteiger charge is 2.06. The molecule has 0 aromatic heterocycles. The van der Waals surface area contributed by atoms with Crippen molar-refractivity contribution in [3.8, 4) is 0 Å². The van der Waals surface area contributed by atoms with Crippen LogP contribution in [-0.2, 0) is 6.42 Å². The number of aliphatic imine (C=N–C) groups is 1. The molecular weight excluding hydrogens is 304 g/mol. The van der Waals surface area contributed by atoms with E-state index >= 15 is 0 Å². The number of hydrogen-bond donors (Lipinski definition) is 0. The summed E-state index contributed by atoms with van der Waals surface area (Å²) in [4.78, 5) is 6.66. The zero-order valence-electron chi connectivity index (χ0n) is 14.7. The van der Waals surface area contributed by atoms with E-state index in [9.17, 15) is 0 Å². The molecule has 0 aliphatic heterocycles. The van der Waals surface area contributed by atoms with Crippen LogP contribution in [0.3, 0.4) is 0 Å². The van der Waals surface area contributed by atoms with Crippen LogP contribution in [-0.4, -0.2) is 24.8 Å². The van der Waals surface area contributed by atoms with Crippen molar-refractivity contribution in [1.29, 1.82) is 0 Å². The Morgan fingerprint density at radius 3 is 2.43 bits per heavy atom. The summed E-state index contributed by atoms with van der Waals surface area (Å²) >= 11 is 6.24. The van der Waals surface area contributed by atoms with Crippen LogP contribution in [0.15, 0.2) is 35.3 Å². The molecule has 2 rings (SSSR count). The van der Waals surface area contributed by atoms with Crippen LogP contribution in [0.5, 0.6) is 0 Å². The first kappa shape index (κ1) is 17.6. The maximum atomic E-state index is 6.24. The fourth-order valence-electron chi connectivity index (χ4n) is 2.40. The Kier molecular flexibility index (Phi) is 5.84. The molecule has 0 atom stereocenters. The van der Waals surface area contributed by atoms with Crippen molar-refractivity contribution < 1.29 is 0 Å². The Morgan fingerprint density at radius 1 is 1.04 bits per heavy atom. The topological polar surface area (TPSA) is 15.6 Å². The number of benzene rings is 2. The third-order valence-electron chi connectivity index (χ3n) is 4.18. The first-order valence-corrected chi connectivity index (χ1v) is 8.38. The summed E-state index contributed by atoms with van der Waals surface area (Å²) < 4.78 is 0. The molecule has 0 saturated heterocycles. The van der Waals surface area contributed by atoms with E-state index in [0.29, 0.717) is 0 Å². The molecule has 0 N–H and O–H groups in total. The van der Waals surface area contributed by atoms with Gasteiger partial charge in [-0.25, -0.2) is 4.99 Å². The Bertz CT molecular complexity index is 720. The van der Waals surface area contributed by atoms with Crippen molar-refractivity contribution >= 4 is 23.6 Å². The fourth-order valence-corrected chi connectivity index (χ4v) is 2.60. The highest BCUT2D eigenvalue weighted by atomic mass is 35.5. The summed E-state index contributed by atoms with van der Waals surface area (Å²) in [5.74, 6) is 0. The van der Waals surface area contributed by atoms with Gasteiger partial charge in [0, 0.05) is 18.6 Å². The highest BCUT2D eigenvalue weighted by Crippen LogP contribution is 2.26. The Balaban J connectivity index is 2.25. The van der Waals surface area contributed by atoms with Gasteiger partial charge < -0.3 is 4.90 Å². The molecule has 0 heterocycles. The number of hydrogen-bond acceptors (Lipinski definition) is 1. The van der Waals surface area contributed by atoms with Crippen LogP contribution in [0.1, 0.15) is 34.7 Å². The van der Waals surface area contributed by atoms with Crippen molar-refractivity contribution in [1.82, 2.24) is 4.90 Å². The highest BCUT2D eigenvalue weighted by molar-refractivity contribution is 6.31. The lowest BCUT2D eigenvalue weighted by Gasteiger charge is -2.12. The van der Waals surface area contributed by atoms with Gasteiger partial charge in [0.1, 0.15) is 0 Å². The summed E-state index contributed by atoms with van der Waals surface area (Å²) in [6.45, 7) is 9.35. The second-order valence-electron chi connectivity index (χ2n) is 6.14. The van der Waals surface area contributed by atoms with E-state index in [0.717, 1.165) is 29.2 Å². The number of nitrogens with zero attached hydrogens (tertiary/aromatic N) is 2. The molecule has 0 saturated carbocycles. The average Bonchev–Trinajstić information content (AvgIpc) is 2.52. The first-order valence-electron chi connectivity index (χ1n) is 8.00. The van der Waals surface area contributed by atoms with Crippen LogP contribution >= 0.6 is 11.6 Å². The van der Waals surface area contributed by atoms with Crippen LogP contribution in [0.2, 0.25) is 5.02 Å². The zero-order chi connectivity index (χ0) is 17.0. The lowest BCUT2D eigenvalue weighted by atomic mass is 9.97. The summed E-state index contributed by atoms with van der Waals surface area (Å²) in [7, 11) is 2.03. The lowest BCUT2D eigenvalue weighted by molar-refractivity contribution is 0.552. The molecule has 2 aromatic carbocycles. The molecule has 0 aliphatic carbocycles.